The van der Waals surface area contributed by atoms with E-state index in [1.807, 2.05) is 12.1 Å². The molecule has 3 aromatic rings. The molecule has 2 heterocycles. The number of pyridine rings is 1. The van der Waals surface area contributed by atoms with Crippen LogP contribution in [0.5, 0.6) is 0 Å². The second kappa shape index (κ2) is 8.18. The number of fused-ring (bicyclic) bond motifs is 1. The molecular weight excluding hydrogens is 391 g/mol. The Morgan fingerprint density at radius 2 is 1.87 bits per heavy atom. The van der Waals surface area contributed by atoms with Crippen LogP contribution < -0.4 is 10.6 Å². The zero-order valence-electron chi connectivity index (χ0n) is 16.0. The van der Waals surface area contributed by atoms with Crippen LogP contribution in [-0.4, -0.2) is 17.4 Å². The van der Waals surface area contributed by atoms with Crippen LogP contribution in [0.1, 0.15) is 45.2 Å². The molecule has 0 spiro atoms. The van der Waals surface area contributed by atoms with Crippen LogP contribution >= 0.6 is 0 Å². The zero-order valence-corrected chi connectivity index (χ0v) is 16.0. The molecular formula is C23H20F3N3O. The summed E-state index contributed by atoms with van der Waals surface area (Å²) in [7, 11) is 0. The molecule has 0 fully saturated rings. The fraction of sp³-hybridized carbons (Fsp3) is 0.217. The lowest BCUT2D eigenvalue weighted by Crippen LogP contribution is -2.30. The number of aryl methyl sites for hydroxylation is 1. The number of rotatable bonds is 4. The SMILES string of the molecule is O=C(N[C@@H](c1ccc(C(F)(F)F)cc1)c1ccccn1)c1ccc2c(c1)NCCC2. The third-order valence-electron chi connectivity index (χ3n) is 5.14. The molecule has 1 aliphatic rings. The van der Waals surface area contributed by atoms with Crippen LogP contribution in [0.25, 0.3) is 0 Å². The van der Waals surface area contributed by atoms with Crippen molar-refractivity contribution in [1.29, 1.82) is 0 Å². The van der Waals surface area contributed by atoms with Crippen LogP contribution in [0.2, 0.25) is 0 Å². The van der Waals surface area contributed by atoms with Crippen LogP contribution in [0.3, 0.4) is 0 Å². The number of anilines is 1. The largest absolute Gasteiger partial charge is 0.416 e. The van der Waals surface area contributed by atoms with Gasteiger partial charge >= 0.3 is 6.18 Å². The minimum atomic E-state index is -4.42. The molecule has 154 valence electrons. The third kappa shape index (κ3) is 4.30. The molecule has 30 heavy (non-hydrogen) atoms. The lowest BCUT2D eigenvalue weighted by atomic mass is 9.99. The molecule has 0 aliphatic carbocycles. The maximum absolute atomic E-state index is 13.0. The van der Waals surface area contributed by atoms with Crippen molar-refractivity contribution in [1.82, 2.24) is 10.3 Å². The van der Waals surface area contributed by atoms with E-state index >= 15 is 0 Å². The standard InChI is InChI=1S/C23H20F3N3O/c24-23(25,26)18-10-8-16(9-11-18)21(19-5-1-2-12-27-19)29-22(30)17-7-6-15-4-3-13-28-20(15)14-17/h1-2,5-12,14,21,28H,3-4,13H2,(H,29,30)/t21-/m0/s1. The second-order valence-corrected chi connectivity index (χ2v) is 7.18. The van der Waals surface area contributed by atoms with Gasteiger partial charge < -0.3 is 10.6 Å². The van der Waals surface area contributed by atoms with E-state index in [-0.39, 0.29) is 5.91 Å². The van der Waals surface area contributed by atoms with E-state index in [0.717, 1.165) is 37.2 Å². The van der Waals surface area contributed by atoms with Gasteiger partial charge in [0, 0.05) is 24.0 Å². The van der Waals surface area contributed by atoms with Gasteiger partial charge in [0.15, 0.2) is 0 Å². The number of carbonyl (C=O) groups excluding carboxylic acids is 1. The molecule has 1 aliphatic heterocycles. The van der Waals surface area contributed by atoms with E-state index in [1.165, 1.54) is 17.7 Å². The summed E-state index contributed by atoms with van der Waals surface area (Å²) < 4.78 is 38.8. The minimum absolute atomic E-state index is 0.319. The second-order valence-electron chi connectivity index (χ2n) is 7.18. The number of nitrogens with one attached hydrogen (secondary N) is 2. The molecule has 0 radical (unpaired) electrons. The van der Waals surface area contributed by atoms with Crippen molar-refractivity contribution >= 4 is 11.6 Å². The number of halogens is 3. The van der Waals surface area contributed by atoms with Gasteiger partial charge in [-0.1, -0.05) is 24.3 Å². The quantitative estimate of drug-likeness (QED) is 0.637. The molecule has 0 bridgehead atoms. The first-order valence-corrected chi connectivity index (χ1v) is 9.67. The molecule has 0 unspecified atom stereocenters. The lowest BCUT2D eigenvalue weighted by Gasteiger charge is -2.21. The van der Waals surface area contributed by atoms with E-state index in [4.69, 9.17) is 0 Å². The molecule has 0 saturated heterocycles. The number of carbonyl (C=O) groups is 1. The molecule has 0 saturated carbocycles. The van der Waals surface area contributed by atoms with Gasteiger partial charge in [0.05, 0.1) is 17.3 Å². The highest BCUT2D eigenvalue weighted by molar-refractivity contribution is 5.95. The monoisotopic (exact) mass is 411 g/mol. The maximum atomic E-state index is 13.0. The third-order valence-corrected chi connectivity index (χ3v) is 5.14. The molecule has 1 aromatic heterocycles. The predicted molar refractivity (Wildman–Crippen MR) is 108 cm³/mol. The van der Waals surface area contributed by atoms with Crippen LogP contribution in [-0.2, 0) is 12.6 Å². The topological polar surface area (TPSA) is 54.0 Å². The lowest BCUT2D eigenvalue weighted by molar-refractivity contribution is -0.137. The molecule has 4 nitrogen and oxygen atoms in total. The van der Waals surface area contributed by atoms with E-state index < -0.39 is 17.8 Å². The van der Waals surface area contributed by atoms with Gasteiger partial charge in [0.2, 0.25) is 0 Å². The number of hydrogen-bond donors (Lipinski definition) is 2. The summed E-state index contributed by atoms with van der Waals surface area (Å²) in [6.07, 6.45) is -0.819. The number of hydrogen-bond acceptors (Lipinski definition) is 3. The number of benzene rings is 2. The van der Waals surface area contributed by atoms with E-state index in [0.29, 0.717) is 16.8 Å². The summed E-state index contributed by atoms with van der Waals surface area (Å²) in [4.78, 5) is 17.3. The van der Waals surface area contributed by atoms with Crippen LogP contribution in [0.15, 0.2) is 66.9 Å². The van der Waals surface area contributed by atoms with Crippen molar-refractivity contribution in [3.05, 3.63) is 94.8 Å². The Morgan fingerprint density at radius 3 is 2.57 bits per heavy atom. The first-order valence-electron chi connectivity index (χ1n) is 9.67. The van der Waals surface area contributed by atoms with Gasteiger partial charge in [0.1, 0.15) is 0 Å². The van der Waals surface area contributed by atoms with Gasteiger partial charge in [-0.05, 0) is 60.4 Å². The Kier molecular flexibility index (Phi) is 5.44. The fourth-order valence-corrected chi connectivity index (χ4v) is 3.56. The average Bonchev–Trinajstić information content (AvgIpc) is 2.77. The summed E-state index contributed by atoms with van der Waals surface area (Å²) in [5.74, 6) is -0.319. The van der Waals surface area contributed by atoms with Crippen molar-refractivity contribution in [2.45, 2.75) is 25.1 Å². The fourth-order valence-electron chi connectivity index (χ4n) is 3.56. The van der Waals surface area contributed by atoms with Crippen LogP contribution in [0, 0.1) is 0 Å². The van der Waals surface area contributed by atoms with Crippen molar-refractivity contribution in [3.63, 3.8) is 0 Å². The summed E-state index contributed by atoms with van der Waals surface area (Å²) in [6, 6.07) is 14.9. The zero-order chi connectivity index (χ0) is 21.1. The molecule has 7 heteroatoms. The highest BCUT2D eigenvalue weighted by Crippen LogP contribution is 2.31. The van der Waals surface area contributed by atoms with Crippen LogP contribution in [0.4, 0.5) is 18.9 Å². The number of nitrogens with zero attached hydrogens (tertiary/aromatic N) is 1. The smallest absolute Gasteiger partial charge is 0.385 e. The molecule has 1 atom stereocenters. The first-order chi connectivity index (χ1) is 14.4. The normalized spacial score (nSPS) is 14.4. The van der Waals surface area contributed by atoms with Gasteiger partial charge in [0.25, 0.3) is 5.91 Å². The highest BCUT2D eigenvalue weighted by Gasteiger charge is 2.30. The summed E-state index contributed by atoms with van der Waals surface area (Å²) in [5, 5.41) is 6.22. The Bertz CT molecular complexity index is 1030. The van der Waals surface area contributed by atoms with Gasteiger partial charge in [-0.15, -0.1) is 0 Å². The Labute approximate surface area is 172 Å². The molecule has 2 aromatic carbocycles. The van der Waals surface area contributed by atoms with Crippen molar-refractivity contribution < 1.29 is 18.0 Å². The predicted octanol–water partition coefficient (Wildman–Crippen LogP) is 4.98. The molecule has 2 N–H and O–H groups in total. The van der Waals surface area contributed by atoms with Gasteiger partial charge in [-0.3, -0.25) is 9.78 Å². The average molecular weight is 411 g/mol. The highest BCUT2D eigenvalue weighted by atomic mass is 19.4. The summed E-state index contributed by atoms with van der Waals surface area (Å²) in [6.45, 7) is 0.861. The van der Waals surface area contributed by atoms with Crippen molar-refractivity contribution in [3.8, 4) is 0 Å². The number of amides is 1. The summed E-state index contributed by atoms with van der Waals surface area (Å²) >= 11 is 0. The van der Waals surface area contributed by atoms with Crippen molar-refractivity contribution in [2.75, 3.05) is 11.9 Å². The maximum Gasteiger partial charge on any atom is 0.416 e. The van der Waals surface area contributed by atoms with E-state index in [2.05, 4.69) is 15.6 Å². The molecule has 4 rings (SSSR count). The Morgan fingerprint density at radius 1 is 1.07 bits per heavy atom. The van der Waals surface area contributed by atoms with E-state index in [1.54, 1.807) is 30.5 Å². The Hall–Kier alpha value is -3.35. The van der Waals surface area contributed by atoms with E-state index in [9.17, 15) is 18.0 Å². The number of alkyl halides is 3. The summed E-state index contributed by atoms with van der Waals surface area (Å²) in [5.41, 5.74) is 2.92. The first kappa shape index (κ1) is 19.9. The van der Waals surface area contributed by atoms with Gasteiger partial charge in [-0.2, -0.15) is 13.2 Å². The minimum Gasteiger partial charge on any atom is -0.385 e. The Balaban J connectivity index is 1.63. The number of aromatic nitrogens is 1. The van der Waals surface area contributed by atoms with Gasteiger partial charge in [-0.25, -0.2) is 0 Å². The molecule has 1 amide bonds. The van der Waals surface area contributed by atoms with Crippen molar-refractivity contribution in [2.24, 2.45) is 0 Å².